The summed E-state index contributed by atoms with van der Waals surface area (Å²) >= 11 is 0. The van der Waals surface area contributed by atoms with Crippen LogP contribution in [0, 0.1) is 5.41 Å². The molecule has 4 rings (SSSR count). The van der Waals surface area contributed by atoms with Gasteiger partial charge in [0, 0.05) is 37.1 Å². The number of nitrogens with one attached hydrogen (secondary N) is 1. The Morgan fingerprint density at radius 3 is 2.68 bits per heavy atom. The van der Waals surface area contributed by atoms with Crippen molar-refractivity contribution in [3.8, 4) is 0 Å². The second-order valence-corrected chi connectivity index (χ2v) is 7.80. The van der Waals surface area contributed by atoms with Crippen LogP contribution in [-0.2, 0) is 19.6 Å². The predicted octanol–water partition coefficient (Wildman–Crippen LogP) is 2.57. The van der Waals surface area contributed by atoms with Crippen molar-refractivity contribution >= 4 is 18.3 Å². The van der Waals surface area contributed by atoms with E-state index in [1.54, 1.807) is 0 Å². The van der Waals surface area contributed by atoms with Gasteiger partial charge in [0.25, 0.3) is 5.91 Å². The van der Waals surface area contributed by atoms with Gasteiger partial charge in [-0.05, 0) is 62.4 Å². The number of aryl methyl sites for hydroxylation is 1. The lowest BCUT2D eigenvalue weighted by Crippen LogP contribution is -2.39. The van der Waals surface area contributed by atoms with Crippen LogP contribution in [0.2, 0.25) is 0 Å². The Balaban J connectivity index is 0.00000225. The molecule has 1 saturated carbocycles. The van der Waals surface area contributed by atoms with Gasteiger partial charge in [-0.3, -0.25) is 4.79 Å². The van der Waals surface area contributed by atoms with Gasteiger partial charge >= 0.3 is 0 Å². The maximum atomic E-state index is 13.4. The number of hydrogen-bond acceptors (Lipinski definition) is 4. The van der Waals surface area contributed by atoms with Crippen LogP contribution < -0.4 is 11.1 Å². The van der Waals surface area contributed by atoms with Crippen LogP contribution in [-0.4, -0.2) is 39.5 Å². The summed E-state index contributed by atoms with van der Waals surface area (Å²) < 4.78 is 2.12. The minimum absolute atomic E-state index is 0. The van der Waals surface area contributed by atoms with E-state index in [0.717, 1.165) is 55.8 Å². The topological polar surface area (TPSA) is 76.2 Å². The summed E-state index contributed by atoms with van der Waals surface area (Å²) in [4.78, 5) is 20.0. The molecule has 2 fully saturated rings. The fourth-order valence-electron chi connectivity index (χ4n) is 4.43. The van der Waals surface area contributed by atoms with Gasteiger partial charge in [0.2, 0.25) is 0 Å². The molecular formula is C21H30ClN5O. The van der Waals surface area contributed by atoms with Crippen LogP contribution in [0.5, 0.6) is 0 Å². The summed E-state index contributed by atoms with van der Waals surface area (Å²) in [6, 6.07) is 8.02. The minimum Gasteiger partial charge on any atom is -0.334 e. The first-order chi connectivity index (χ1) is 13.2. The van der Waals surface area contributed by atoms with Gasteiger partial charge in [0.1, 0.15) is 5.82 Å². The third-order valence-corrected chi connectivity index (χ3v) is 6.27. The summed E-state index contributed by atoms with van der Waals surface area (Å²) in [5.41, 5.74) is 7.77. The highest BCUT2D eigenvalue weighted by atomic mass is 35.5. The molecule has 6 nitrogen and oxygen atoms in total. The van der Waals surface area contributed by atoms with Crippen molar-refractivity contribution in [2.24, 2.45) is 11.1 Å². The summed E-state index contributed by atoms with van der Waals surface area (Å²) in [7, 11) is 0. The van der Waals surface area contributed by atoms with Crippen molar-refractivity contribution < 1.29 is 4.79 Å². The Morgan fingerprint density at radius 2 is 2.04 bits per heavy atom. The molecule has 0 bridgehead atoms. The van der Waals surface area contributed by atoms with Crippen molar-refractivity contribution in [1.29, 1.82) is 0 Å². The first kappa shape index (κ1) is 20.8. The highest BCUT2D eigenvalue weighted by Gasteiger charge is 2.57. The van der Waals surface area contributed by atoms with E-state index in [2.05, 4.69) is 26.7 Å². The molecule has 1 atom stereocenters. The third-order valence-electron chi connectivity index (χ3n) is 6.27. The number of nitrogens with zero attached hydrogens (tertiary/aromatic N) is 3. The fourth-order valence-corrected chi connectivity index (χ4v) is 4.43. The normalized spacial score (nSPS) is 19.9. The molecule has 2 heterocycles. The average molecular weight is 404 g/mol. The highest BCUT2D eigenvalue weighted by molar-refractivity contribution is 5.94. The zero-order valence-electron chi connectivity index (χ0n) is 16.4. The number of aromatic nitrogens is 2. The second-order valence-electron chi connectivity index (χ2n) is 7.80. The monoisotopic (exact) mass is 403 g/mol. The number of benzene rings is 1. The number of halogens is 1. The quantitative estimate of drug-likeness (QED) is 0.777. The average Bonchev–Trinajstić information content (AvgIpc) is 3.19. The Hall–Kier alpha value is -1.89. The molecule has 0 radical (unpaired) electrons. The molecule has 28 heavy (non-hydrogen) atoms. The SMILES string of the molecule is CCn1ccnc1CN(C(=O)c1ccc(CN)cc1)C1CC12CCNCC2.Cl. The van der Waals surface area contributed by atoms with Crippen molar-refractivity contribution in [3.05, 3.63) is 53.6 Å². The van der Waals surface area contributed by atoms with E-state index in [0.29, 0.717) is 24.5 Å². The van der Waals surface area contributed by atoms with Crippen molar-refractivity contribution in [1.82, 2.24) is 19.8 Å². The smallest absolute Gasteiger partial charge is 0.254 e. The van der Waals surface area contributed by atoms with Gasteiger partial charge in [-0.2, -0.15) is 0 Å². The van der Waals surface area contributed by atoms with Gasteiger partial charge < -0.3 is 20.5 Å². The molecule has 1 aromatic carbocycles. The number of piperidine rings is 1. The number of carbonyl (C=O) groups excluding carboxylic acids is 1. The van der Waals surface area contributed by atoms with Crippen molar-refractivity contribution in [2.75, 3.05) is 13.1 Å². The molecular weight excluding hydrogens is 374 g/mol. The van der Waals surface area contributed by atoms with Crippen LogP contribution in [0.3, 0.4) is 0 Å². The number of imidazole rings is 1. The van der Waals surface area contributed by atoms with E-state index in [1.165, 1.54) is 0 Å². The third kappa shape index (κ3) is 3.95. The fraction of sp³-hybridized carbons (Fsp3) is 0.524. The number of hydrogen-bond donors (Lipinski definition) is 2. The van der Waals surface area contributed by atoms with E-state index in [9.17, 15) is 4.79 Å². The highest BCUT2D eigenvalue weighted by Crippen LogP contribution is 2.56. The number of amides is 1. The largest absolute Gasteiger partial charge is 0.334 e. The summed E-state index contributed by atoms with van der Waals surface area (Å²) in [6.07, 6.45) is 7.21. The molecule has 1 aromatic heterocycles. The van der Waals surface area contributed by atoms with E-state index in [1.807, 2.05) is 36.7 Å². The van der Waals surface area contributed by atoms with E-state index >= 15 is 0 Å². The van der Waals surface area contributed by atoms with Gasteiger partial charge in [-0.25, -0.2) is 4.98 Å². The molecule has 1 aliphatic carbocycles. The molecule has 2 aromatic rings. The molecule has 1 spiro atoms. The Morgan fingerprint density at radius 1 is 1.32 bits per heavy atom. The summed E-state index contributed by atoms with van der Waals surface area (Å²) in [5.74, 6) is 1.06. The summed E-state index contributed by atoms with van der Waals surface area (Å²) in [5, 5.41) is 3.45. The van der Waals surface area contributed by atoms with Gasteiger partial charge in [-0.1, -0.05) is 12.1 Å². The lowest BCUT2D eigenvalue weighted by molar-refractivity contribution is 0.0685. The molecule has 1 unspecified atom stereocenters. The maximum absolute atomic E-state index is 13.4. The number of nitrogens with two attached hydrogens (primary N) is 1. The first-order valence-electron chi connectivity index (χ1n) is 9.97. The lowest BCUT2D eigenvalue weighted by atomic mass is 9.93. The van der Waals surface area contributed by atoms with Gasteiger partial charge in [-0.15, -0.1) is 12.4 Å². The molecule has 1 aliphatic heterocycles. The van der Waals surface area contributed by atoms with Crippen LogP contribution in [0.25, 0.3) is 0 Å². The molecule has 7 heteroatoms. The molecule has 1 amide bonds. The number of carbonyl (C=O) groups is 1. The number of rotatable bonds is 6. The zero-order chi connectivity index (χ0) is 18.9. The minimum atomic E-state index is 0. The standard InChI is InChI=1S/C21H29N5O.ClH/c1-2-25-12-11-24-19(25)15-26(18-13-21(18)7-9-23-10-8-21)20(27)17-5-3-16(14-22)4-6-17;/h3-6,11-12,18,23H,2,7-10,13-15,22H2,1H3;1H. The maximum Gasteiger partial charge on any atom is 0.254 e. The Bertz CT molecular complexity index is 797. The second kappa shape index (κ2) is 8.64. The van der Waals surface area contributed by atoms with Crippen LogP contribution >= 0.6 is 12.4 Å². The van der Waals surface area contributed by atoms with Crippen LogP contribution in [0.4, 0.5) is 0 Å². The zero-order valence-corrected chi connectivity index (χ0v) is 17.3. The van der Waals surface area contributed by atoms with E-state index < -0.39 is 0 Å². The van der Waals surface area contributed by atoms with Crippen LogP contribution in [0.15, 0.2) is 36.7 Å². The van der Waals surface area contributed by atoms with E-state index in [4.69, 9.17) is 5.73 Å². The molecule has 152 valence electrons. The van der Waals surface area contributed by atoms with Crippen molar-refractivity contribution in [3.63, 3.8) is 0 Å². The van der Waals surface area contributed by atoms with Crippen molar-refractivity contribution in [2.45, 2.75) is 51.9 Å². The van der Waals surface area contributed by atoms with E-state index in [-0.39, 0.29) is 18.3 Å². The first-order valence-corrected chi connectivity index (χ1v) is 9.97. The molecule has 1 saturated heterocycles. The van der Waals surface area contributed by atoms with Gasteiger partial charge in [0.15, 0.2) is 0 Å². The van der Waals surface area contributed by atoms with Crippen LogP contribution in [0.1, 0.15) is 47.9 Å². The summed E-state index contributed by atoms with van der Waals surface area (Å²) in [6.45, 7) is 6.13. The lowest BCUT2D eigenvalue weighted by Gasteiger charge is -2.29. The Kier molecular flexibility index (Phi) is 6.43. The Labute approximate surface area is 172 Å². The predicted molar refractivity (Wildman–Crippen MR) is 112 cm³/mol. The van der Waals surface area contributed by atoms with Gasteiger partial charge in [0.05, 0.1) is 6.54 Å². The molecule has 2 aliphatic rings. The molecule has 3 N–H and O–H groups in total.